The van der Waals surface area contributed by atoms with E-state index in [0.717, 1.165) is 17.7 Å². The molecule has 1 atom stereocenters. The molecule has 0 spiro atoms. The van der Waals surface area contributed by atoms with Crippen LogP contribution >= 0.6 is 0 Å². The van der Waals surface area contributed by atoms with E-state index in [2.05, 4.69) is 24.3 Å². The zero-order valence-corrected chi connectivity index (χ0v) is 14.3. The topological polar surface area (TPSA) is 56.2 Å². The van der Waals surface area contributed by atoms with Crippen LogP contribution in [-0.2, 0) is 22.5 Å². The fourth-order valence-corrected chi connectivity index (χ4v) is 2.86. The maximum Gasteiger partial charge on any atom is 0.253 e. The smallest absolute Gasteiger partial charge is 0.253 e. The maximum absolute atomic E-state index is 12.3. The van der Waals surface area contributed by atoms with Gasteiger partial charge in [0.05, 0.1) is 12.2 Å². The molecule has 0 bridgehead atoms. The summed E-state index contributed by atoms with van der Waals surface area (Å²) < 4.78 is 7.29. The van der Waals surface area contributed by atoms with Crippen molar-refractivity contribution in [1.82, 2.24) is 15.1 Å². The van der Waals surface area contributed by atoms with Crippen molar-refractivity contribution in [3.63, 3.8) is 0 Å². The standard InChI is InChI=1S/C18H25N3O2/c1-5-16-13(2)20-21(14(16)3)12-11-19-18(22)17(23-4)15-9-7-6-8-10-15/h6-10,17H,5,11-12H2,1-4H3,(H,19,22)/t17-/m0/s1. The summed E-state index contributed by atoms with van der Waals surface area (Å²) >= 11 is 0. The Kier molecular flexibility index (Phi) is 5.93. The average Bonchev–Trinajstić information content (AvgIpc) is 2.82. The molecule has 2 rings (SSSR count). The number of nitrogens with zero attached hydrogens (tertiary/aromatic N) is 2. The second kappa shape index (κ2) is 7.92. The first-order valence-corrected chi connectivity index (χ1v) is 7.96. The number of nitrogens with one attached hydrogen (secondary N) is 1. The van der Waals surface area contributed by atoms with Gasteiger partial charge in [0.2, 0.25) is 0 Å². The largest absolute Gasteiger partial charge is 0.367 e. The first-order chi connectivity index (χ1) is 11.1. The van der Waals surface area contributed by atoms with Gasteiger partial charge >= 0.3 is 0 Å². The van der Waals surface area contributed by atoms with Crippen LogP contribution in [0.4, 0.5) is 0 Å². The number of benzene rings is 1. The Morgan fingerprint density at radius 1 is 1.30 bits per heavy atom. The number of aryl methyl sites for hydroxylation is 1. The highest BCUT2D eigenvalue weighted by atomic mass is 16.5. The van der Waals surface area contributed by atoms with Gasteiger partial charge in [0.1, 0.15) is 0 Å². The summed E-state index contributed by atoms with van der Waals surface area (Å²) in [4.78, 5) is 12.3. The summed E-state index contributed by atoms with van der Waals surface area (Å²) in [5.41, 5.74) is 4.38. The maximum atomic E-state index is 12.3. The number of carbonyl (C=O) groups excluding carboxylic acids is 1. The highest BCUT2D eigenvalue weighted by Gasteiger charge is 2.19. The van der Waals surface area contributed by atoms with Gasteiger partial charge in [-0.15, -0.1) is 0 Å². The summed E-state index contributed by atoms with van der Waals surface area (Å²) in [6, 6.07) is 9.50. The van der Waals surface area contributed by atoms with E-state index in [1.165, 1.54) is 11.3 Å². The van der Waals surface area contributed by atoms with E-state index in [0.29, 0.717) is 13.1 Å². The number of carbonyl (C=O) groups is 1. The van der Waals surface area contributed by atoms with Crippen LogP contribution in [0.1, 0.15) is 35.5 Å². The lowest BCUT2D eigenvalue weighted by molar-refractivity contribution is -0.131. The monoisotopic (exact) mass is 315 g/mol. The number of hydrogen-bond acceptors (Lipinski definition) is 3. The lowest BCUT2D eigenvalue weighted by Gasteiger charge is -2.16. The summed E-state index contributed by atoms with van der Waals surface area (Å²) in [5.74, 6) is -0.129. The van der Waals surface area contributed by atoms with E-state index in [1.807, 2.05) is 41.9 Å². The molecule has 1 amide bonds. The van der Waals surface area contributed by atoms with Crippen LogP contribution in [-0.4, -0.2) is 29.3 Å². The molecule has 0 fully saturated rings. The van der Waals surface area contributed by atoms with Crippen LogP contribution < -0.4 is 5.32 Å². The summed E-state index contributed by atoms with van der Waals surface area (Å²) in [6.45, 7) is 7.41. The predicted octanol–water partition coefficient (Wildman–Crippen LogP) is 2.57. The Morgan fingerprint density at radius 2 is 2.00 bits per heavy atom. The van der Waals surface area contributed by atoms with E-state index in [1.54, 1.807) is 7.11 Å². The molecule has 0 saturated carbocycles. The fraction of sp³-hybridized carbons (Fsp3) is 0.444. The molecule has 5 heteroatoms. The Bertz CT molecular complexity index is 650. The normalized spacial score (nSPS) is 12.2. The van der Waals surface area contributed by atoms with E-state index in [9.17, 15) is 4.79 Å². The van der Waals surface area contributed by atoms with Crippen molar-refractivity contribution in [2.45, 2.75) is 39.8 Å². The second-order valence-corrected chi connectivity index (χ2v) is 5.54. The number of ether oxygens (including phenoxy) is 1. The number of rotatable bonds is 7. The molecular formula is C18H25N3O2. The molecule has 1 aromatic heterocycles. The van der Waals surface area contributed by atoms with Gasteiger partial charge < -0.3 is 10.1 Å². The van der Waals surface area contributed by atoms with Crippen molar-refractivity contribution in [3.05, 3.63) is 52.8 Å². The highest BCUT2D eigenvalue weighted by molar-refractivity contribution is 5.82. The van der Waals surface area contributed by atoms with E-state index >= 15 is 0 Å². The Hall–Kier alpha value is -2.14. The highest BCUT2D eigenvalue weighted by Crippen LogP contribution is 2.16. The van der Waals surface area contributed by atoms with E-state index < -0.39 is 6.10 Å². The molecule has 0 aliphatic rings. The summed E-state index contributed by atoms with van der Waals surface area (Å²) in [7, 11) is 1.55. The van der Waals surface area contributed by atoms with E-state index in [4.69, 9.17) is 4.74 Å². The number of aromatic nitrogens is 2. The van der Waals surface area contributed by atoms with Crippen molar-refractivity contribution >= 4 is 5.91 Å². The summed E-state index contributed by atoms with van der Waals surface area (Å²) in [6.07, 6.45) is 0.395. The number of amides is 1. The third kappa shape index (κ3) is 3.99. The van der Waals surface area contributed by atoms with Crippen LogP contribution in [0, 0.1) is 13.8 Å². The van der Waals surface area contributed by atoms with Gasteiger partial charge in [-0.05, 0) is 31.4 Å². The van der Waals surface area contributed by atoms with Crippen molar-refractivity contribution < 1.29 is 9.53 Å². The Labute approximate surface area is 137 Å². The number of methoxy groups -OCH3 is 1. The first-order valence-electron chi connectivity index (χ1n) is 7.96. The minimum atomic E-state index is -0.581. The van der Waals surface area contributed by atoms with Crippen LogP contribution in [0.3, 0.4) is 0 Å². The summed E-state index contributed by atoms with van der Waals surface area (Å²) in [5, 5.41) is 7.46. The zero-order chi connectivity index (χ0) is 16.8. The van der Waals surface area contributed by atoms with Crippen molar-refractivity contribution in [2.24, 2.45) is 0 Å². The minimum absolute atomic E-state index is 0.129. The third-order valence-electron chi connectivity index (χ3n) is 4.08. The van der Waals surface area contributed by atoms with Gasteiger partial charge in [0.15, 0.2) is 6.10 Å². The van der Waals surface area contributed by atoms with Gasteiger partial charge in [-0.25, -0.2) is 0 Å². The molecule has 0 saturated heterocycles. The molecule has 0 aliphatic carbocycles. The van der Waals surface area contributed by atoms with Gasteiger partial charge in [-0.1, -0.05) is 37.3 Å². The van der Waals surface area contributed by atoms with Crippen molar-refractivity contribution in [1.29, 1.82) is 0 Å². The first kappa shape index (κ1) is 17.2. The molecule has 0 unspecified atom stereocenters. The molecule has 1 heterocycles. The molecule has 2 aromatic rings. The molecule has 1 aromatic carbocycles. The molecule has 5 nitrogen and oxygen atoms in total. The molecule has 0 aliphatic heterocycles. The predicted molar refractivity (Wildman–Crippen MR) is 90.3 cm³/mol. The van der Waals surface area contributed by atoms with Crippen molar-refractivity contribution in [2.75, 3.05) is 13.7 Å². The van der Waals surface area contributed by atoms with Gasteiger partial charge in [0, 0.05) is 19.3 Å². The molecule has 1 N–H and O–H groups in total. The molecule has 0 radical (unpaired) electrons. The molecule has 124 valence electrons. The average molecular weight is 315 g/mol. The third-order valence-corrected chi connectivity index (χ3v) is 4.08. The van der Waals surface area contributed by atoms with E-state index in [-0.39, 0.29) is 5.91 Å². The van der Waals surface area contributed by atoms with Crippen LogP contribution in [0.5, 0.6) is 0 Å². The minimum Gasteiger partial charge on any atom is -0.367 e. The van der Waals surface area contributed by atoms with Gasteiger partial charge in [-0.3, -0.25) is 9.48 Å². The Morgan fingerprint density at radius 3 is 2.57 bits per heavy atom. The molecule has 23 heavy (non-hydrogen) atoms. The quantitative estimate of drug-likeness (QED) is 0.854. The lowest BCUT2D eigenvalue weighted by Crippen LogP contribution is -2.33. The SMILES string of the molecule is CCc1c(C)nn(CCNC(=O)[C@@H](OC)c2ccccc2)c1C. The Balaban J connectivity index is 1.94. The van der Waals surface area contributed by atoms with Crippen molar-refractivity contribution in [3.8, 4) is 0 Å². The van der Waals surface area contributed by atoms with Crippen LogP contribution in [0.15, 0.2) is 30.3 Å². The van der Waals surface area contributed by atoms with Gasteiger partial charge in [-0.2, -0.15) is 5.10 Å². The van der Waals surface area contributed by atoms with Crippen LogP contribution in [0.25, 0.3) is 0 Å². The fourth-order valence-electron chi connectivity index (χ4n) is 2.86. The molecular weight excluding hydrogens is 290 g/mol. The lowest BCUT2D eigenvalue weighted by atomic mass is 10.1. The second-order valence-electron chi connectivity index (χ2n) is 5.54. The van der Waals surface area contributed by atoms with Gasteiger partial charge in [0.25, 0.3) is 5.91 Å². The number of hydrogen-bond donors (Lipinski definition) is 1. The zero-order valence-electron chi connectivity index (χ0n) is 14.3. The van der Waals surface area contributed by atoms with Crippen LogP contribution in [0.2, 0.25) is 0 Å².